The molecular formula is C18H22N2O4. The first-order chi connectivity index (χ1) is 11.6. The number of aryl methyl sites for hydroxylation is 2. The maximum absolute atomic E-state index is 13.0. The van der Waals surface area contributed by atoms with E-state index in [-0.39, 0.29) is 11.9 Å². The molecule has 1 saturated heterocycles. The first-order valence-electron chi connectivity index (χ1n) is 8.02. The fraction of sp³-hybridized carbons (Fsp3) is 0.444. The Morgan fingerprint density at radius 2 is 2.08 bits per heavy atom. The van der Waals surface area contributed by atoms with Gasteiger partial charge in [-0.15, -0.1) is 0 Å². The zero-order valence-electron chi connectivity index (χ0n) is 14.5. The summed E-state index contributed by atoms with van der Waals surface area (Å²) in [4.78, 5) is 14.9. The molecule has 1 amide bonds. The van der Waals surface area contributed by atoms with Crippen LogP contribution < -0.4 is 9.47 Å². The SMILES string of the molecule is COc1ccc(OC)c(C2CCCN2C(=O)c2c(C)noc2C)c1. The Hall–Kier alpha value is -2.50. The van der Waals surface area contributed by atoms with Crippen molar-refractivity contribution < 1.29 is 18.8 Å². The van der Waals surface area contributed by atoms with E-state index in [0.29, 0.717) is 23.6 Å². The van der Waals surface area contributed by atoms with E-state index < -0.39 is 0 Å². The summed E-state index contributed by atoms with van der Waals surface area (Å²) in [6, 6.07) is 5.64. The molecule has 2 heterocycles. The van der Waals surface area contributed by atoms with Crippen LogP contribution >= 0.6 is 0 Å². The zero-order chi connectivity index (χ0) is 17.3. The third-order valence-electron chi connectivity index (χ3n) is 4.56. The molecule has 1 fully saturated rings. The molecule has 0 saturated carbocycles. The molecule has 128 valence electrons. The van der Waals surface area contributed by atoms with Crippen LogP contribution in [0.2, 0.25) is 0 Å². The number of likely N-dealkylation sites (tertiary alicyclic amines) is 1. The van der Waals surface area contributed by atoms with E-state index >= 15 is 0 Å². The quantitative estimate of drug-likeness (QED) is 0.861. The molecule has 1 unspecified atom stereocenters. The first kappa shape index (κ1) is 16.4. The average molecular weight is 330 g/mol. The molecule has 0 aliphatic carbocycles. The van der Waals surface area contributed by atoms with E-state index in [9.17, 15) is 4.79 Å². The van der Waals surface area contributed by atoms with Gasteiger partial charge in [-0.3, -0.25) is 4.79 Å². The van der Waals surface area contributed by atoms with Crippen molar-refractivity contribution in [1.29, 1.82) is 0 Å². The average Bonchev–Trinajstić information content (AvgIpc) is 3.20. The van der Waals surface area contributed by atoms with Crippen LogP contribution in [0.1, 0.15) is 46.3 Å². The van der Waals surface area contributed by atoms with Crippen molar-refractivity contribution in [3.05, 3.63) is 40.8 Å². The van der Waals surface area contributed by atoms with Gasteiger partial charge in [0.2, 0.25) is 0 Å². The van der Waals surface area contributed by atoms with Crippen molar-refractivity contribution in [2.75, 3.05) is 20.8 Å². The lowest BCUT2D eigenvalue weighted by Gasteiger charge is -2.26. The number of carbonyl (C=O) groups is 1. The van der Waals surface area contributed by atoms with Crippen LogP contribution in [0.3, 0.4) is 0 Å². The highest BCUT2D eigenvalue weighted by Crippen LogP contribution is 2.40. The molecule has 1 aliphatic heterocycles. The van der Waals surface area contributed by atoms with Crippen LogP contribution in [-0.4, -0.2) is 36.7 Å². The van der Waals surface area contributed by atoms with Gasteiger partial charge in [0.1, 0.15) is 22.8 Å². The Morgan fingerprint density at radius 3 is 2.71 bits per heavy atom. The highest BCUT2D eigenvalue weighted by molar-refractivity contribution is 5.96. The van der Waals surface area contributed by atoms with Gasteiger partial charge in [-0.05, 0) is 44.9 Å². The second-order valence-electron chi connectivity index (χ2n) is 5.96. The first-order valence-corrected chi connectivity index (χ1v) is 8.02. The number of hydrogen-bond acceptors (Lipinski definition) is 5. The summed E-state index contributed by atoms with van der Waals surface area (Å²) in [5.74, 6) is 2.03. The summed E-state index contributed by atoms with van der Waals surface area (Å²) >= 11 is 0. The van der Waals surface area contributed by atoms with Crippen molar-refractivity contribution in [1.82, 2.24) is 10.1 Å². The third kappa shape index (κ3) is 2.72. The van der Waals surface area contributed by atoms with Crippen LogP contribution in [0, 0.1) is 13.8 Å². The Balaban J connectivity index is 1.98. The molecule has 3 rings (SSSR count). The summed E-state index contributed by atoms with van der Waals surface area (Å²) in [7, 11) is 3.27. The Labute approximate surface area is 141 Å². The maximum atomic E-state index is 13.0. The number of benzene rings is 1. The van der Waals surface area contributed by atoms with Gasteiger partial charge in [-0.1, -0.05) is 5.16 Å². The van der Waals surface area contributed by atoms with Gasteiger partial charge < -0.3 is 18.9 Å². The van der Waals surface area contributed by atoms with Gasteiger partial charge in [-0.2, -0.15) is 0 Å². The van der Waals surface area contributed by atoms with Crippen LogP contribution in [-0.2, 0) is 0 Å². The second-order valence-corrected chi connectivity index (χ2v) is 5.96. The van der Waals surface area contributed by atoms with Gasteiger partial charge in [0.05, 0.1) is 26.0 Å². The van der Waals surface area contributed by atoms with Gasteiger partial charge >= 0.3 is 0 Å². The van der Waals surface area contributed by atoms with Crippen molar-refractivity contribution in [3.63, 3.8) is 0 Å². The lowest BCUT2D eigenvalue weighted by Crippen LogP contribution is -2.31. The number of amides is 1. The van der Waals surface area contributed by atoms with Crippen LogP contribution in [0.5, 0.6) is 11.5 Å². The molecule has 1 aliphatic rings. The molecule has 2 aromatic rings. The second kappa shape index (κ2) is 6.55. The number of ether oxygens (including phenoxy) is 2. The molecule has 0 bridgehead atoms. The van der Waals surface area contributed by atoms with E-state index in [1.165, 1.54) is 0 Å². The number of hydrogen-bond donors (Lipinski definition) is 0. The molecule has 1 aromatic heterocycles. The molecule has 0 radical (unpaired) electrons. The molecule has 0 N–H and O–H groups in total. The normalized spacial score (nSPS) is 17.2. The van der Waals surface area contributed by atoms with Crippen LogP contribution in [0.15, 0.2) is 22.7 Å². The minimum atomic E-state index is -0.0451. The number of aromatic nitrogens is 1. The van der Waals surface area contributed by atoms with E-state index in [0.717, 1.165) is 29.9 Å². The predicted octanol–water partition coefficient (Wildman–Crippen LogP) is 3.29. The molecule has 1 atom stereocenters. The maximum Gasteiger partial charge on any atom is 0.259 e. The van der Waals surface area contributed by atoms with Gasteiger partial charge in [0.15, 0.2) is 0 Å². The Morgan fingerprint density at radius 1 is 1.29 bits per heavy atom. The molecule has 24 heavy (non-hydrogen) atoms. The molecular weight excluding hydrogens is 308 g/mol. The smallest absolute Gasteiger partial charge is 0.259 e. The summed E-state index contributed by atoms with van der Waals surface area (Å²) in [5, 5.41) is 3.90. The fourth-order valence-electron chi connectivity index (χ4n) is 3.36. The molecule has 6 nitrogen and oxygen atoms in total. The van der Waals surface area contributed by atoms with Crippen molar-refractivity contribution in [3.8, 4) is 11.5 Å². The Bertz CT molecular complexity index is 734. The minimum absolute atomic E-state index is 0.0429. The lowest BCUT2D eigenvalue weighted by atomic mass is 10.0. The highest BCUT2D eigenvalue weighted by Gasteiger charge is 2.35. The zero-order valence-corrected chi connectivity index (χ0v) is 14.5. The lowest BCUT2D eigenvalue weighted by molar-refractivity contribution is 0.0731. The summed E-state index contributed by atoms with van der Waals surface area (Å²) in [5.41, 5.74) is 2.15. The topological polar surface area (TPSA) is 64.8 Å². The van der Waals surface area contributed by atoms with E-state index in [1.54, 1.807) is 28.1 Å². The van der Waals surface area contributed by atoms with E-state index in [2.05, 4.69) is 5.16 Å². The number of rotatable bonds is 4. The Kier molecular flexibility index (Phi) is 4.46. The largest absolute Gasteiger partial charge is 0.497 e. The fourth-order valence-corrected chi connectivity index (χ4v) is 3.36. The summed E-state index contributed by atoms with van der Waals surface area (Å²) in [6.45, 7) is 4.26. The van der Waals surface area contributed by atoms with E-state index in [1.807, 2.05) is 23.1 Å². The number of methoxy groups -OCH3 is 2. The summed E-state index contributed by atoms with van der Waals surface area (Å²) < 4.78 is 16.0. The van der Waals surface area contributed by atoms with Crippen LogP contribution in [0.4, 0.5) is 0 Å². The monoisotopic (exact) mass is 330 g/mol. The molecule has 6 heteroatoms. The van der Waals surface area contributed by atoms with Gasteiger partial charge in [0, 0.05) is 12.1 Å². The number of nitrogens with zero attached hydrogens (tertiary/aromatic N) is 2. The van der Waals surface area contributed by atoms with E-state index in [4.69, 9.17) is 14.0 Å². The predicted molar refractivity (Wildman–Crippen MR) is 88.5 cm³/mol. The van der Waals surface area contributed by atoms with Crippen molar-refractivity contribution in [2.24, 2.45) is 0 Å². The standard InChI is InChI=1S/C18H22N2O4/c1-11-17(12(2)24-19-11)18(21)20-9-5-6-15(20)14-10-13(22-3)7-8-16(14)23-4/h7-8,10,15H,5-6,9H2,1-4H3. The van der Waals surface area contributed by atoms with Crippen molar-refractivity contribution in [2.45, 2.75) is 32.7 Å². The third-order valence-corrected chi connectivity index (χ3v) is 4.56. The minimum Gasteiger partial charge on any atom is -0.497 e. The highest BCUT2D eigenvalue weighted by atomic mass is 16.5. The number of carbonyl (C=O) groups excluding carboxylic acids is 1. The van der Waals surface area contributed by atoms with Gasteiger partial charge in [-0.25, -0.2) is 0 Å². The van der Waals surface area contributed by atoms with Gasteiger partial charge in [0.25, 0.3) is 5.91 Å². The molecule has 0 spiro atoms. The van der Waals surface area contributed by atoms with Crippen LogP contribution in [0.25, 0.3) is 0 Å². The summed E-state index contributed by atoms with van der Waals surface area (Å²) in [6.07, 6.45) is 1.83. The molecule has 1 aromatic carbocycles. The van der Waals surface area contributed by atoms with Crippen molar-refractivity contribution >= 4 is 5.91 Å².